The highest BCUT2D eigenvalue weighted by atomic mass is 16.6. The van der Waals surface area contributed by atoms with E-state index in [4.69, 9.17) is 9.47 Å². The zero-order valence-corrected chi connectivity index (χ0v) is 6.82. The topological polar surface area (TPSA) is 21.8 Å². The molecule has 2 nitrogen and oxygen atoms in total. The van der Waals surface area contributed by atoms with E-state index in [1.807, 2.05) is 0 Å². The summed E-state index contributed by atoms with van der Waals surface area (Å²) in [5, 5.41) is 0. The summed E-state index contributed by atoms with van der Waals surface area (Å²) < 4.78 is 11.1. The lowest BCUT2D eigenvalue weighted by Gasteiger charge is -2.31. The highest BCUT2D eigenvalue weighted by Gasteiger charge is 2.56. The van der Waals surface area contributed by atoms with Crippen LogP contribution in [0, 0.1) is 11.8 Å². The molecule has 1 saturated carbocycles. The third-order valence-electron chi connectivity index (χ3n) is 3.39. The maximum atomic E-state index is 5.61. The Bertz CT molecular complexity index is 180. The number of rotatable bonds is 0. The first-order chi connectivity index (χ1) is 5.34. The van der Waals surface area contributed by atoms with Gasteiger partial charge in [0.15, 0.2) is 0 Å². The molecule has 5 atom stereocenters. The summed E-state index contributed by atoms with van der Waals surface area (Å²) in [6.45, 7) is 3.13. The van der Waals surface area contributed by atoms with Gasteiger partial charge in [0, 0.05) is 5.92 Å². The Kier molecular flexibility index (Phi) is 1.16. The Hall–Kier alpha value is -0.0800. The smallest absolute Gasteiger partial charge is 0.0894 e. The fourth-order valence-electron chi connectivity index (χ4n) is 2.74. The van der Waals surface area contributed by atoms with Crippen molar-refractivity contribution in [2.45, 2.75) is 38.1 Å². The molecule has 1 aliphatic carbocycles. The maximum Gasteiger partial charge on any atom is 0.0894 e. The van der Waals surface area contributed by atoms with Crippen LogP contribution in [0.2, 0.25) is 0 Å². The predicted molar refractivity (Wildman–Crippen MR) is 40.3 cm³/mol. The molecule has 3 fully saturated rings. The molecule has 0 spiro atoms. The van der Waals surface area contributed by atoms with Gasteiger partial charge in [-0.25, -0.2) is 0 Å². The highest BCUT2D eigenvalue weighted by molar-refractivity contribution is 5.03. The second-order valence-corrected chi connectivity index (χ2v) is 4.18. The van der Waals surface area contributed by atoms with Gasteiger partial charge in [-0.15, -0.1) is 0 Å². The summed E-state index contributed by atoms with van der Waals surface area (Å²) in [4.78, 5) is 0. The van der Waals surface area contributed by atoms with Crippen molar-refractivity contribution in [3.8, 4) is 0 Å². The molecule has 2 heterocycles. The van der Waals surface area contributed by atoms with Gasteiger partial charge in [-0.2, -0.15) is 0 Å². The molecule has 11 heavy (non-hydrogen) atoms. The molecule has 0 N–H and O–H groups in total. The standard InChI is InChI=1S/C9H14O2/c1-5-2-6-3-8-9(11-8)7(6)4-10-5/h5-9H,2-4H2,1H3. The normalized spacial score (nSPS) is 60.3. The van der Waals surface area contributed by atoms with Gasteiger partial charge < -0.3 is 9.47 Å². The summed E-state index contributed by atoms with van der Waals surface area (Å²) in [6.07, 6.45) is 4.28. The van der Waals surface area contributed by atoms with Crippen LogP contribution >= 0.6 is 0 Å². The fraction of sp³-hybridized carbons (Fsp3) is 1.00. The molecule has 0 aromatic heterocycles. The number of hydrogen-bond donors (Lipinski definition) is 0. The van der Waals surface area contributed by atoms with Crippen molar-refractivity contribution >= 4 is 0 Å². The first-order valence-electron chi connectivity index (χ1n) is 4.61. The van der Waals surface area contributed by atoms with E-state index in [1.54, 1.807) is 0 Å². The van der Waals surface area contributed by atoms with Gasteiger partial charge in [-0.3, -0.25) is 0 Å². The van der Waals surface area contributed by atoms with Crippen LogP contribution < -0.4 is 0 Å². The Morgan fingerprint density at radius 3 is 3.09 bits per heavy atom. The SMILES string of the molecule is CC1CC2CC3OC3C2CO1. The fourth-order valence-corrected chi connectivity index (χ4v) is 2.74. The number of ether oxygens (including phenoxy) is 2. The lowest BCUT2D eigenvalue weighted by Crippen LogP contribution is -2.32. The summed E-state index contributed by atoms with van der Waals surface area (Å²) >= 11 is 0. The second-order valence-electron chi connectivity index (χ2n) is 4.18. The molecule has 2 saturated heterocycles. The van der Waals surface area contributed by atoms with Gasteiger partial charge in [0.25, 0.3) is 0 Å². The van der Waals surface area contributed by atoms with Crippen molar-refractivity contribution in [1.29, 1.82) is 0 Å². The Morgan fingerprint density at radius 1 is 1.27 bits per heavy atom. The third-order valence-corrected chi connectivity index (χ3v) is 3.39. The molecular formula is C9H14O2. The molecular weight excluding hydrogens is 140 g/mol. The summed E-state index contributed by atoms with van der Waals surface area (Å²) in [5.41, 5.74) is 0. The minimum absolute atomic E-state index is 0.494. The van der Waals surface area contributed by atoms with Crippen molar-refractivity contribution in [2.24, 2.45) is 11.8 Å². The molecule has 0 aromatic carbocycles. The molecule has 2 aliphatic heterocycles. The lowest BCUT2D eigenvalue weighted by atomic mass is 9.88. The molecule has 0 aromatic rings. The molecule has 5 unspecified atom stereocenters. The molecule has 62 valence electrons. The van der Waals surface area contributed by atoms with Crippen molar-refractivity contribution in [3.05, 3.63) is 0 Å². The van der Waals surface area contributed by atoms with E-state index in [-0.39, 0.29) is 0 Å². The van der Waals surface area contributed by atoms with Gasteiger partial charge in [0.05, 0.1) is 24.9 Å². The van der Waals surface area contributed by atoms with E-state index >= 15 is 0 Å². The van der Waals surface area contributed by atoms with Gasteiger partial charge in [-0.05, 0) is 25.7 Å². The third kappa shape index (κ3) is 0.859. The minimum atomic E-state index is 0.494. The molecule has 3 rings (SSSR count). The Morgan fingerprint density at radius 2 is 2.18 bits per heavy atom. The lowest BCUT2D eigenvalue weighted by molar-refractivity contribution is -0.0453. The Labute approximate surface area is 66.9 Å². The van der Waals surface area contributed by atoms with Gasteiger partial charge in [0.2, 0.25) is 0 Å². The van der Waals surface area contributed by atoms with Crippen molar-refractivity contribution in [2.75, 3.05) is 6.61 Å². The van der Waals surface area contributed by atoms with E-state index in [1.165, 1.54) is 12.8 Å². The van der Waals surface area contributed by atoms with Crippen LogP contribution in [-0.2, 0) is 9.47 Å². The minimum Gasteiger partial charge on any atom is -0.378 e. The quantitative estimate of drug-likeness (QED) is 0.489. The van der Waals surface area contributed by atoms with E-state index in [2.05, 4.69) is 6.92 Å². The van der Waals surface area contributed by atoms with Crippen LogP contribution in [0.4, 0.5) is 0 Å². The average Bonchev–Trinajstić information content (AvgIpc) is 2.63. The first-order valence-corrected chi connectivity index (χ1v) is 4.61. The second kappa shape index (κ2) is 1.99. The first kappa shape index (κ1) is 6.44. The number of hydrogen-bond acceptors (Lipinski definition) is 2. The van der Waals surface area contributed by atoms with E-state index < -0.39 is 0 Å². The predicted octanol–water partition coefficient (Wildman–Crippen LogP) is 1.20. The number of epoxide rings is 1. The number of fused-ring (bicyclic) bond motifs is 3. The summed E-state index contributed by atoms with van der Waals surface area (Å²) in [6, 6.07) is 0. The molecule has 2 heteroatoms. The monoisotopic (exact) mass is 154 g/mol. The molecule has 3 aliphatic rings. The van der Waals surface area contributed by atoms with Crippen LogP contribution in [0.3, 0.4) is 0 Å². The van der Waals surface area contributed by atoms with Gasteiger partial charge in [0.1, 0.15) is 0 Å². The summed E-state index contributed by atoms with van der Waals surface area (Å²) in [5.74, 6) is 1.67. The highest BCUT2D eigenvalue weighted by Crippen LogP contribution is 2.50. The molecule has 0 radical (unpaired) electrons. The van der Waals surface area contributed by atoms with E-state index in [0.29, 0.717) is 18.3 Å². The van der Waals surface area contributed by atoms with Crippen LogP contribution in [0.5, 0.6) is 0 Å². The van der Waals surface area contributed by atoms with Crippen LogP contribution in [0.15, 0.2) is 0 Å². The van der Waals surface area contributed by atoms with Crippen LogP contribution in [0.1, 0.15) is 19.8 Å². The van der Waals surface area contributed by atoms with Crippen molar-refractivity contribution in [3.63, 3.8) is 0 Å². The van der Waals surface area contributed by atoms with Crippen molar-refractivity contribution < 1.29 is 9.47 Å². The largest absolute Gasteiger partial charge is 0.378 e. The van der Waals surface area contributed by atoms with Gasteiger partial charge >= 0.3 is 0 Å². The van der Waals surface area contributed by atoms with E-state index in [0.717, 1.165) is 18.4 Å². The Balaban J connectivity index is 1.75. The van der Waals surface area contributed by atoms with Crippen molar-refractivity contribution in [1.82, 2.24) is 0 Å². The van der Waals surface area contributed by atoms with Crippen LogP contribution in [-0.4, -0.2) is 24.9 Å². The van der Waals surface area contributed by atoms with E-state index in [9.17, 15) is 0 Å². The van der Waals surface area contributed by atoms with Gasteiger partial charge in [-0.1, -0.05) is 0 Å². The molecule has 0 bridgehead atoms. The molecule has 0 amide bonds. The maximum absolute atomic E-state index is 5.61. The summed E-state index contributed by atoms with van der Waals surface area (Å²) in [7, 11) is 0. The zero-order valence-electron chi connectivity index (χ0n) is 6.82. The van der Waals surface area contributed by atoms with Crippen LogP contribution in [0.25, 0.3) is 0 Å². The zero-order chi connectivity index (χ0) is 7.42. The average molecular weight is 154 g/mol.